The van der Waals surface area contributed by atoms with E-state index in [1.54, 1.807) is 12.1 Å². The van der Waals surface area contributed by atoms with Gasteiger partial charge in [0.2, 0.25) is 0 Å². The number of aromatic nitrogens is 2. The van der Waals surface area contributed by atoms with Crippen molar-refractivity contribution in [3.05, 3.63) is 76.4 Å². The minimum absolute atomic E-state index is 0.613. The summed E-state index contributed by atoms with van der Waals surface area (Å²) < 4.78 is 2.15. The van der Waals surface area contributed by atoms with E-state index in [4.69, 9.17) is 5.26 Å². The van der Waals surface area contributed by atoms with E-state index < -0.39 is 0 Å². The van der Waals surface area contributed by atoms with Gasteiger partial charge in [0.15, 0.2) is 0 Å². The Bertz CT molecular complexity index is 995. The molecule has 2 heterocycles. The number of nitrogens with zero attached hydrogens (tertiary/aromatic N) is 4. The van der Waals surface area contributed by atoms with Gasteiger partial charge in [0.05, 0.1) is 17.2 Å². The molecular weight excluding hydrogens is 308 g/mol. The molecule has 3 rings (SSSR count). The van der Waals surface area contributed by atoms with Crippen molar-refractivity contribution in [2.24, 2.45) is 0 Å². The van der Waals surface area contributed by atoms with Gasteiger partial charge in [0, 0.05) is 35.4 Å². The van der Waals surface area contributed by atoms with Gasteiger partial charge in [-0.25, -0.2) is 0 Å². The average Bonchev–Trinajstić information content (AvgIpc) is 2.87. The molecule has 122 valence electrons. The number of hydrogen-bond donors (Lipinski definition) is 0. The Labute approximate surface area is 147 Å². The number of nitriles is 2. The van der Waals surface area contributed by atoms with E-state index in [0.29, 0.717) is 17.7 Å². The number of rotatable bonds is 3. The normalized spacial score (nSPS) is 10.3. The van der Waals surface area contributed by atoms with E-state index in [2.05, 4.69) is 27.8 Å². The molecule has 0 fully saturated rings. The largest absolute Gasteiger partial charge is 0.343 e. The Morgan fingerprint density at radius 1 is 0.920 bits per heavy atom. The smallest absolute Gasteiger partial charge is 0.102 e. The van der Waals surface area contributed by atoms with Crippen molar-refractivity contribution >= 4 is 0 Å². The molecular formula is C21H18N4. The summed E-state index contributed by atoms with van der Waals surface area (Å²) in [7, 11) is 0. The predicted octanol–water partition coefficient (Wildman–Crippen LogP) is 4.27. The molecule has 0 saturated heterocycles. The molecule has 0 aliphatic carbocycles. The van der Waals surface area contributed by atoms with Gasteiger partial charge in [-0.2, -0.15) is 10.5 Å². The molecule has 0 bridgehead atoms. The lowest BCUT2D eigenvalue weighted by Gasteiger charge is -2.10. The number of pyridine rings is 1. The molecule has 25 heavy (non-hydrogen) atoms. The molecule has 4 nitrogen and oxygen atoms in total. The maximum absolute atomic E-state index is 9.67. The highest BCUT2D eigenvalue weighted by atomic mass is 15.0. The minimum Gasteiger partial charge on any atom is -0.343 e. The van der Waals surface area contributed by atoms with Crippen molar-refractivity contribution in [3.8, 4) is 23.3 Å². The van der Waals surface area contributed by atoms with Gasteiger partial charge in [-0.15, -0.1) is 0 Å². The van der Waals surface area contributed by atoms with Crippen molar-refractivity contribution in [2.45, 2.75) is 27.3 Å². The summed E-state index contributed by atoms with van der Waals surface area (Å²) in [5.74, 6) is 0. The van der Waals surface area contributed by atoms with Gasteiger partial charge in [-0.3, -0.25) is 4.98 Å². The highest BCUT2D eigenvalue weighted by molar-refractivity contribution is 5.75. The summed E-state index contributed by atoms with van der Waals surface area (Å²) in [6.07, 6.45) is 1.88. The Morgan fingerprint density at radius 3 is 2.20 bits per heavy atom. The average molecular weight is 326 g/mol. The van der Waals surface area contributed by atoms with E-state index in [0.717, 1.165) is 33.8 Å². The van der Waals surface area contributed by atoms with Crippen LogP contribution in [0.3, 0.4) is 0 Å². The molecule has 0 saturated carbocycles. The third-order valence-electron chi connectivity index (χ3n) is 4.51. The molecule has 0 amide bonds. The van der Waals surface area contributed by atoms with Gasteiger partial charge >= 0.3 is 0 Å². The van der Waals surface area contributed by atoms with Crippen LogP contribution in [0.15, 0.2) is 42.6 Å². The lowest BCUT2D eigenvalue weighted by Crippen LogP contribution is -2.04. The summed E-state index contributed by atoms with van der Waals surface area (Å²) in [5, 5.41) is 18.6. The molecule has 0 atom stereocenters. The molecule has 1 aromatic carbocycles. The van der Waals surface area contributed by atoms with Crippen molar-refractivity contribution in [3.63, 3.8) is 0 Å². The zero-order valence-electron chi connectivity index (χ0n) is 14.5. The van der Waals surface area contributed by atoms with E-state index >= 15 is 0 Å². The quantitative estimate of drug-likeness (QED) is 0.722. The zero-order valence-corrected chi connectivity index (χ0v) is 14.5. The first-order chi connectivity index (χ1) is 12.0. The lowest BCUT2D eigenvalue weighted by molar-refractivity contribution is 0.745. The van der Waals surface area contributed by atoms with Gasteiger partial charge in [-0.05, 0) is 50.1 Å². The van der Waals surface area contributed by atoms with Crippen molar-refractivity contribution in [1.82, 2.24) is 9.55 Å². The topological polar surface area (TPSA) is 65.4 Å². The summed E-state index contributed by atoms with van der Waals surface area (Å²) in [5.41, 5.74) is 7.26. The van der Waals surface area contributed by atoms with Crippen molar-refractivity contribution in [1.29, 1.82) is 10.5 Å². The van der Waals surface area contributed by atoms with E-state index in [-0.39, 0.29) is 0 Å². The maximum atomic E-state index is 9.67. The molecule has 0 unspecified atom stereocenters. The molecule has 2 aromatic heterocycles. The monoisotopic (exact) mass is 326 g/mol. The van der Waals surface area contributed by atoms with Gasteiger partial charge in [-0.1, -0.05) is 18.2 Å². The van der Waals surface area contributed by atoms with Crippen LogP contribution in [0, 0.1) is 43.4 Å². The Morgan fingerprint density at radius 2 is 1.64 bits per heavy atom. The number of aryl methyl sites for hydroxylation is 1. The molecule has 0 aliphatic rings. The molecule has 0 N–H and O–H groups in total. The molecule has 4 heteroatoms. The van der Waals surface area contributed by atoms with Crippen LogP contribution in [0.25, 0.3) is 11.1 Å². The van der Waals surface area contributed by atoms with Gasteiger partial charge in [0.25, 0.3) is 0 Å². The van der Waals surface area contributed by atoms with E-state index in [1.165, 1.54) is 0 Å². The van der Waals surface area contributed by atoms with Crippen LogP contribution in [0.5, 0.6) is 0 Å². The zero-order chi connectivity index (χ0) is 18.0. The summed E-state index contributed by atoms with van der Waals surface area (Å²) in [6.45, 7) is 6.64. The van der Waals surface area contributed by atoms with Crippen molar-refractivity contribution < 1.29 is 0 Å². The van der Waals surface area contributed by atoms with Crippen LogP contribution in [0.4, 0.5) is 0 Å². The Hall–Kier alpha value is -3.37. The van der Waals surface area contributed by atoms with E-state index in [1.807, 2.05) is 45.2 Å². The fourth-order valence-corrected chi connectivity index (χ4v) is 3.10. The Kier molecular flexibility index (Phi) is 4.37. The number of hydrogen-bond acceptors (Lipinski definition) is 3. The van der Waals surface area contributed by atoms with Gasteiger partial charge < -0.3 is 4.57 Å². The lowest BCUT2D eigenvalue weighted by atomic mass is 10.0. The number of benzene rings is 1. The first-order valence-electron chi connectivity index (χ1n) is 8.07. The van der Waals surface area contributed by atoms with Crippen LogP contribution in [-0.2, 0) is 6.54 Å². The second-order valence-electron chi connectivity index (χ2n) is 6.12. The Balaban J connectivity index is 2.09. The SMILES string of the molecule is Cc1ccc(Cn2c(C)c(C#N)c(-c3ccc(C#N)cc3)c2C)cn1. The second-order valence-corrected chi connectivity index (χ2v) is 6.12. The molecule has 0 spiro atoms. The third kappa shape index (κ3) is 3.03. The second kappa shape index (κ2) is 6.63. The van der Waals surface area contributed by atoms with Gasteiger partial charge in [0.1, 0.15) is 6.07 Å². The van der Waals surface area contributed by atoms with Crippen LogP contribution in [0.1, 0.15) is 33.8 Å². The van der Waals surface area contributed by atoms with Crippen LogP contribution < -0.4 is 0 Å². The highest BCUT2D eigenvalue weighted by Crippen LogP contribution is 2.32. The fourth-order valence-electron chi connectivity index (χ4n) is 3.10. The summed E-state index contributed by atoms with van der Waals surface area (Å²) in [6, 6.07) is 15.9. The summed E-state index contributed by atoms with van der Waals surface area (Å²) >= 11 is 0. The minimum atomic E-state index is 0.613. The standard InChI is InChI=1S/C21H18N4/c1-14-4-5-18(12-24-14)13-25-15(2)20(11-23)21(16(25)3)19-8-6-17(10-22)7-9-19/h4-9,12H,13H2,1-3H3. The first kappa shape index (κ1) is 16.5. The molecule has 0 radical (unpaired) electrons. The maximum Gasteiger partial charge on any atom is 0.102 e. The third-order valence-corrected chi connectivity index (χ3v) is 4.51. The van der Waals surface area contributed by atoms with Crippen LogP contribution in [-0.4, -0.2) is 9.55 Å². The first-order valence-corrected chi connectivity index (χ1v) is 8.07. The molecule has 0 aliphatic heterocycles. The van der Waals surface area contributed by atoms with Crippen LogP contribution >= 0.6 is 0 Å². The molecule has 3 aromatic rings. The van der Waals surface area contributed by atoms with Crippen molar-refractivity contribution in [2.75, 3.05) is 0 Å². The predicted molar refractivity (Wildman–Crippen MR) is 96.8 cm³/mol. The fraction of sp³-hybridized carbons (Fsp3) is 0.190. The van der Waals surface area contributed by atoms with E-state index in [9.17, 15) is 5.26 Å². The summed E-state index contributed by atoms with van der Waals surface area (Å²) in [4.78, 5) is 4.35. The van der Waals surface area contributed by atoms with Crippen LogP contribution in [0.2, 0.25) is 0 Å². The highest BCUT2D eigenvalue weighted by Gasteiger charge is 2.19.